The van der Waals surface area contributed by atoms with Crippen molar-refractivity contribution in [2.24, 2.45) is 0 Å². The topological polar surface area (TPSA) is 38.3 Å². The molecule has 0 unspecified atom stereocenters. The van der Waals surface area contributed by atoms with Crippen molar-refractivity contribution >= 4 is 34.8 Å². The summed E-state index contributed by atoms with van der Waals surface area (Å²) in [5, 5.41) is 4.01. The van der Waals surface area contributed by atoms with Crippen LogP contribution in [0.4, 0.5) is 5.69 Å². The van der Waals surface area contributed by atoms with E-state index in [9.17, 15) is 4.79 Å². The van der Waals surface area contributed by atoms with E-state index in [0.717, 1.165) is 18.4 Å². The van der Waals surface area contributed by atoms with Crippen LogP contribution in [0.1, 0.15) is 18.4 Å². The highest BCUT2D eigenvalue weighted by molar-refractivity contribution is 6.32. The van der Waals surface area contributed by atoms with Gasteiger partial charge in [0.25, 0.3) is 0 Å². The van der Waals surface area contributed by atoms with Gasteiger partial charge in [0.05, 0.1) is 17.5 Å². The van der Waals surface area contributed by atoms with E-state index in [1.54, 1.807) is 25.3 Å². The molecule has 1 saturated carbocycles. The third-order valence-electron chi connectivity index (χ3n) is 3.98. The van der Waals surface area contributed by atoms with Crippen LogP contribution in [-0.2, 0) is 10.2 Å². The summed E-state index contributed by atoms with van der Waals surface area (Å²) < 4.78 is 5.11. The fraction of sp³-hybridized carbons (Fsp3) is 0.235. The van der Waals surface area contributed by atoms with Crippen LogP contribution in [0.3, 0.4) is 0 Å². The van der Waals surface area contributed by atoms with Gasteiger partial charge in [-0.25, -0.2) is 0 Å². The molecule has 2 aromatic rings. The molecule has 22 heavy (non-hydrogen) atoms. The Kier molecular flexibility index (Phi) is 4.02. The highest BCUT2D eigenvalue weighted by Gasteiger charge is 2.52. The molecule has 0 atom stereocenters. The molecular weight excluding hydrogens is 321 g/mol. The average molecular weight is 336 g/mol. The molecule has 114 valence electrons. The van der Waals surface area contributed by atoms with Gasteiger partial charge in [0.1, 0.15) is 5.75 Å². The van der Waals surface area contributed by atoms with Crippen LogP contribution >= 0.6 is 23.2 Å². The first-order chi connectivity index (χ1) is 10.6. The summed E-state index contributed by atoms with van der Waals surface area (Å²) in [5.41, 5.74) is 1.01. The lowest BCUT2D eigenvalue weighted by atomic mass is 9.95. The molecule has 3 nitrogen and oxygen atoms in total. The van der Waals surface area contributed by atoms with Gasteiger partial charge in [0.2, 0.25) is 5.91 Å². The van der Waals surface area contributed by atoms with Crippen LogP contribution in [0, 0.1) is 0 Å². The summed E-state index contributed by atoms with van der Waals surface area (Å²) in [7, 11) is 1.55. The van der Waals surface area contributed by atoms with Crippen LogP contribution in [0.5, 0.6) is 5.75 Å². The van der Waals surface area contributed by atoms with E-state index >= 15 is 0 Å². The van der Waals surface area contributed by atoms with Crippen molar-refractivity contribution in [2.45, 2.75) is 18.3 Å². The van der Waals surface area contributed by atoms with E-state index < -0.39 is 5.41 Å². The second kappa shape index (κ2) is 5.82. The van der Waals surface area contributed by atoms with E-state index in [4.69, 9.17) is 27.9 Å². The van der Waals surface area contributed by atoms with E-state index in [1.165, 1.54) is 0 Å². The minimum Gasteiger partial charge on any atom is -0.495 e. The molecular formula is C17H15Cl2NO2. The second-order valence-corrected chi connectivity index (χ2v) is 6.18. The van der Waals surface area contributed by atoms with Crippen molar-refractivity contribution in [3.8, 4) is 5.75 Å². The zero-order valence-electron chi connectivity index (χ0n) is 12.0. The number of benzene rings is 2. The molecule has 0 spiro atoms. The summed E-state index contributed by atoms with van der Waals surface area (Å²) >= 11 is 12.3. The van der Waals surface area contributed by atoms with Crippen LogP contribution < -0.4 is 10.1 Å². The number of amides is 1. The quantitative estimate of drug-likeness (QED) is 0.881. The number of carbonyl (C=O) groups excluding carboxylic acids is 1. The molecule has 5 heteroatoms. The maximum absolute atomic E-state index is 12.7. The van der Waals surface area contributed by atoms with Crippen LogP contribution in [0.25, 0.3) is 0 Å². The van der Waals surface area contributed by atoms with Crippen molar-refractivity contribution in [3.05, 3.63) is 58.1 Å². The Labute approximate surface area is 139 Å². The highest BCUT2D eigenvalue weighted by Crippen LogP contribution is 2.51. The number of hydrogen-bond acceptors (Lipinski definition) is 2. The summed E-state index contributed by atoms with van der Waals surface area (Å²) in [5.74, 6) is 0.522. The second-order valence-electron chi connectivity index (χ2n) is 5.37. The van der Waals surface area contributed by atoms with Gasteiger partial charge in [-0.05, 0) is 42.7 Å². The monoisotopic (exact) mass is 335 g/mol. The standard InChI is InChI=1S/C17H15Cl2NO2/c1-22-15-7-6-11(10-14(15)19)20-16(21)17(8-9-17)12-4-2-3-5-13(12)18/h2-7,10H,8-9H2,1H3,(H,20,21). The Balaban J connectivity index is 1.83. The molecule has 0 aromatic heterocycles. The lowest BCUT2D eigenvalue weighted by Crippen LogP contribution is -2.28. The Morgan fingerprint density at radius 3 is 2.45 bits per heavy atom. The molecule has 0 heterocycles. The fourth-order valence-electron chi connectivity index (χ4n) is 2.59. The first-order valence-corrected chi connectivity index (χ1v) is 7.72. The van der Waals surface area contributed by atoms with Crippen LogP contribution in [-0.4, -0.2) is 13.0 Å². The van der Waals surface area contributed by atoms with Gasteiger partial charge in [0, 0.05) is 10.7 Å². The van der Waals surface area contributed by atoms with Gasteiger partial charge >= 0.3 is 0 Å². The zero-order chi connectivity index (χ0) is 15.7. The molecule has 1 amide bonds. The van der Waals surface area contributed by atoms with Gasteiger partial charge in [-0.1, -0.05) is 41.4 Å². The van der Waals surface area contributed by atoms with Crippen molar-refractivity contribution in [3.63, 3.8) is 0 Å². The first kappa shape index (κ1) is 15.2. The Morgan fingerprint density at radius 2 is 1.86 bits per heavy atom. The fourth-order valence-corrected chi connectivity index (χ4v) is 3.16. The minimum absolute atomic E-state index is 0.0539. The SMILES string of the molecule is COc1ccc(NC(=O)C2(c3ccccc3Cl)CC2)cc1Cl. The van der Waals surface area contributed by atoms with Gasteiger partial charge in [-0.3, -0.25) is 4.79 Å². The van der Waals surface area contributed by atoms with Crippen molar-refractivity contribution in [1.82, 2.24) is 0 Å². The highest BCUT2D eigenvalue weighted by atomic mass is 35.5. The number of halogens is 2. The number of rotatable bonds is 4. The van der Waals surface area contributed by atoms with Crippen LogP contribution in [0.2, 0.25) is 10.0 Å². The number of ether oxygens (including phenoxy) is 1. The average Bonchev–Trinajstić information content (AvgIpc) is 3.29. The maximum atomic E-state index is 12.7. The number of nitrogens with one attached hydrogen (secondary N) is 1. The summed E-state index contributed by atoms with van der Waals surface area (Å²) in [6, 6.07) is 12.7. The van der Waals surface area contributed by atoms with Gasteiger partial charge in [-0.2, -0.15) is 0 Å². The molecule has 0 radical (unpaired) electrons. The molecule has 1 aliphatic rings. The summed E-state index contributed by atoms with van der Waals surface area (Å²) in [6.07, 6.45) is 1.60. The van der Waals surface area contributed by atoms with Crippen molar-refractivity contribution in [1.29, 1.82) is 0 Å². The Bertz CT molecular complexity index is 726. The molecule has 3 rings (SSSR count). The lowest BCUT2D eigenvalue weighted by molar-refractivity contribution is -0.118. The third kappa shape index (κ3) is 2.67. The van der Waals surface area contributed by atoms with E-state index in [1.807, 2.05) is 24.3 Å². The lowest BCUT2D eigenvalue weighted by Gasteiger charge is -2.17. The predicted octanol–water partition coefficient (Wildman–Crippen LogP) is 4.67. The Hall–Kier alpha value is -1.71. The van der Waals surface area contributed by atoms with Gasteiger partial charge in [-0.15, -0.1) is 0 Å². The van der Waals surface area contributed by atoms with Crippen molar-refractivity contribution in [2.75, 3.05) is 12.4 Å². The van der Waals surface area contributed by atoms with E-state index in [2.05, 4.69) is 5.32 Å². The zero-order valence-corrected chi connectivity index (χ0v) is 13.5. The molecule has 0 bridgehead atoms. The largest absolute Gasteiger partial charge is 0.495 e. The summed E-state index contributed by atoms with van der Waals surface area (Å²) in [4.78, 5) is 12.7. The normalized spacial score (nSPS) is 15.2. The molecule has 1 aliphatic carbocycles. The molecule has 1 fully saturated rings. The number of hydrogen-bond donors (Lipinski definition) is 1. The van der Waals surface area contributed by atoms with Crippen LogP contribution in [0.15, 0.2) is 42.5 Å². The predicted molar refractivity (Wildman–Crippen MR) is 89.0 cm³/mol. The molecule has 0 saturated heterocycles. The first-order valence-electron chi connectivity index (χ1n) is 6.97. The van der Waals surface area contributed by atoms with Crippen molar-refractivity contribution < 1.29 is 9.53 Å². The maximum Gasteiger partial charge on any atom is 0.235 e. The van der Waals surface area contributed by atoms with Gasteiger partial charge < -0.3 is 10.1 Å². The number of methoxy groups -OCH3 is 1. The van der Waals surface area contributed by atoms with E-state index in [0.29, 0.717) is 21.5 Å². The number of carbonyl (C=O) groups is 1. The molecule has 2 aromatic carbocycles. The molecule has 1 N–H and O–H groups in total. The minimum atomic E-state index is -0.523. The Morgan fingerprint density at radius 1 is 1.14 bits per heavy atom. The van der Waals surface area contributed by atoms with Gasteiger partial charge in [0.15, 0.2) is 0 Å². The molecule has 0 aliphatic heterocycles. The summed E-state index contributed by atoms with van der Waals surface area (Å²) in [6.45, 7) is 0. The smallest absolute Gasteiger partial charge is 0.235 e. The number of anilines is 1. The van der Waals surface area contributed by atoms with E-state index in [-0.39, 0.29) is 5.91 Å². The third-order valence-corrected chi connectivity index (χ3v) is 4.61.